The van der Waals surface area contributed by atoms with Gasteiger partial charge in [-0.25, -0.2) is 0 Å². The van der Waals surface area contributed by atoms with E-state index in [0.717, 1.165) is 19.4 Å². The van der Waals surface area contributed by atoms with Gasteiger partial charge >= 0.3 is 0 Å². The van der Waals surface area contributed by atoms with Gasteiger partial charge in [-0.05, 0) is 44.6 Å². The van der Waals surface area contributed by atoms with Crippen molar-refractivity contribution in [2.75, 3.05) is 20.6 Å². The normalized spacial score (nSPS) is 31.6. The molecule has 0 spiro atoms. The van der Waals surface area contributed by atoms with Crippen LogP contribution in [-0.4, -0.2) is 47.0 Å². The molecule has 0 heterocycles. The number of hydrogen-bond donors (Lipinski definition) is 3. The van der Waals surface area contributed by atoms with Crippen LogP contribution in [-0.2, 0) is 5.60 Å². The molecule has 1 unspecified atom stereocenters. The Balaban J connectivity index is 2.33. The lowest BCUT2D eigenvalue weighted by Crippen LogP contribution is -2.46. The van der Waals surface area contributed by atoms with Gasteiger partial charge in [-0.15, -0.1) is 0 Å². The highest BCUT2D eigenvalue weighted by atomic mass is 16.3. The summed E-state index contributed by atoms with van der Waals surface area (Å²) in [6.45, 7) is 0.763. The molecule has 0 saturated heterocycles. The number of aliphatic hydroxyl groups is 2. The molecule has 1 saturated carbocycles. The molecule has 3 N–H and O–H groups in total. The predicted molar refractivity (Wildman–Crippen MR) is 73.9 cm³/mol. The number of phenolic OH excluding ortho intramolecular Hbond substituents is 1. The minimum atomic E-state index is -1.07. The van der Waals surface area contributed by atoms with E-state index in [1.54, 1.807) is 18.2 Å². The van der Waals surface area contributed by atoms with Crippen LogP contribution in [0.1, 0.15) is 24.8 Å². The van der Waals surface area contributed by atoms with Gasteiger partial charge in [0.2, 0.25) is 0 Å². The van der Waals surface area contributed by atoms with Crippen LogP contribution >= 0.6 is 0 Å². The maximum absolute atomic E-state index is 11.0. The number of benzene rings is 1. The van der Waals surface area contributed by atoms with Crippen LogP contribution in [0.15, 0.2) is 24.3 Å². The fourth-order valence-corrected chi connectivity index (χ4v) is 3.07. The monoisotopic (exact) mass is 265 g/mol. The van der Waals surface area contributed by atoms with E-state index in [-0.39, 0.29) is 11.7 Å². The van der Waals surface area contributed by atoms with E-state index >= 15 is 0 Å². The second-order valence-electron chi connectivity index (χ2n) is 5.87. The summed E-state index contributed by atoms with van der Waals surface area (Å²) in [7, 11) is 3.96. The Hall–Kier alpha value is -1.10. The first-order chi connectivity index (χ1) is 8.91. The van der Waals surface area contributed by atoms with Gasteiger partial charge in [0.1, 0.15) is 5.75 Å². The largest absolute Gasteiger partial charge is 0.508 e. The standard InChI is InChI=1S/C15H23NO3/c1-16(2)10-12-6-7-14(18)9-15(12,19)11-4-3-5-13(17)8-11/h3-5,8,12,14,17-19H,6-7,9-10H2,1-2H3/t12?,14-,15+/m1/s1. The number of nitrogens with zero attached hydrogens (tertiary/aromatic N) is 1. The molecule has 1 aromatic carbocycles. The maximum atomic E-state index is 11.0. The van der Waals surface area contributed by atoms with Crippen LogP contribution < -0.4 is 0 Å². The molecule has 1 aliphatic carbocycles. The van der Waals surface area contributed by atoms with Crippen LogP contribution in [0.2, 0.25) is 0 Å². The Morgan fingerprint density at radius 3 is 2.68 bits per heavy atom. The molecular formula is C15H23NO3. The molecule has 1 aliphatic rings. The van der Waals surface area contributed by atoms with Crippen molar-refractivity contribution in [3.8, 4) is 5.75 Å². The highest BCUT2D eigenvalue weighted by Crippen LogP contribution is 2.42. The Morgan fingerprint density at radius 2 is 2.05 bits per heavy atom. The third-order valence-electron chi connectivity index (χ3n) is 4.00. The van der Waals surface area contributed by atoms with E-state index in [1.165, 1.54) is 0 Å². The third kappa shape index (κ3) is 3.08. The van der Waals surface area contributed by atoms with E-state index < -0.39 is 11.7 Å². The SMILES string of the molecule is CN(C)CC1CC[C@@H](O)C[C@]1(O)c1cccc(O)c1. The van der Waals surface area contributed by atoms with Gasteiger partial charge in [-0.2, -0.15) is 0 Å². The van der Waals surface area contributed by atoms with Gasteiger partial charge in [-0.3, -0.25) is 0 Å². The first-order valence-corrected chi connectivity index (χ1v) is 6.76. The smallest absolute Gasteiger partial charge is 0.115 e. The topological polar surface area (TPSA) is 63.9 Å². The highest BCUT2D eigenvalue weighted by Gasteiger charge is 2.43. The predicted octanol–water partition coefficient (Wildman–Crippen LogP) is 1.30. The number of rotatable bonds is 3. The average Bonchev–Trinajstić information content (AvgIpc) is 2.32. The summed E-state index contributed by atoms with van der Waals surface area (Å²) in [6, 6.07) is 6.74. The molecule has 0 amide bonds. The second-order valence-corrected chi connectivity index (χ2v) is 5.87. The summed E-state index contributed by atoms with van der Waals surface area (Å²) in [4.78, 5) is 2.05. The molecule has 3 atom stereocenters. The van der Waals surface area contributed by atoms with Crippen LogP contribution in [0.3, 0.4) is 0 Å². The summed E-state index contributed by atoms with van der Waals surface area (Å²) < 4.78 is 0. The van der Waals surface area contributed by atoms with Crippen molar-refractivity contribution in [3.63, 3.8) is 0 Å². The molecule has 0 aromatic heterocycles. The molecule has 0 aliphatic heterocycles. The summed E-state index contributed by atoms with van der Waals surface area (Å²) in [5.74, 6) is 0.210. The molecule has 1 fully saturated rings. The lowest BCUT2D eigenvalue weighted by atomic mass is 9.70. The lowest BCUT2D eigenvalue weighted by molar-refractivity contribution is -0.0992. The van der Waals surface area contributed by atoms with Crippen molar-refractivity contribution >= 4 is 0 Å². The Morgan fingerprint density at radius 1 is 1.32 bits per heavy atom. The van der Waals surface area contributed by atoms with Crippen molar-refractivity contribution < 1.29 is 15.3 Å². The Kier molecular flexibility index (Phi) is 4.13. The Bertz CT molecular complexity index is 435. The van der Waals surface area contributed by atoms with E-state index in [1.807, 2.05) is 20.2 Å². The molecule has 4 heteroatoms. The van der Waals surface area contributed by atoms with Crippen LogP contribution in [0.25, 0.3) is 0 Å². The van der Waals surface area contributed by atoms with E-state index in [9.17, 15) is 15.3 Å². The molecule has 1 aromatic rings. The minimum Gasteiger partial charge on any atom is -0.508 e. The van der Waals surface area contributed by atoms with Crippen LogP contribution in [0.5, 0.6) is 5.75 Å². The number of phenols is 1. The second kappa shape index (κ2) is 5.49. The number of hydrogen-bond acceptors (Lipinski definition) is 4. The maximum Gasteiger partial charge on any atom is 0.115 e. The van der Waals surface area contributed by atoms with E-state index in [4.69, 9.17) is 0 Å². The van der Waals surface area contributed by atoms with Crippen molar-refractivity contribution in [1.29, 1.82) is 0 Å². The van der Waals surface area contributed by atoms with Crippen molar-refractivity contribution in [2.45, 2.75) is 31.0 Å². The molecule has 0 bridgehead atoms. The lowest BCUT2D eigenvalue weighted by Gasteiger charge is -2.43. The summed E-state index contributed by atoms with van der Waals surface area (Å²) in [5.41, 5.74) is -0.376. The highest BCUT2D eigenvalue weighted by molar-refractivity contribution is 5.32. The molecule has 106 valence electrons. The van der Waals surface area contributed by atoms with Crippen molar-refractivity contribution in [1.82, 2.24) is 4.90 Å². The van der Waals surface area contributed by atoms with Gasteiger partial charge in [0.15, 0.2) is 0 Å². The van der Waals surface area contributed by atoms with Gasteiger partial charge < -0.3 is 20.2 Å². The fourth-order valence-electron chi connectivity index (χ4n) is 3.07. The third-order valence-corrected chi connectivity index (χ3v) is 4.00. The zero-order valence-corrected chi connectivity index (χ0v) is 11.6. The van der Waals surface area contributed by atoms with Crippen LogP contribution in [0, 0.1) is 5.92 Å². The first-order valence-electron chi connectivity index (χ1n) is 6.76. The fraction of sp³-hybridized carbons (Fsp3) is 0.600. The molecule has 19 heavy (non-hydrogen) atoms. The molecular weight excluding hydrogens is 242 g/mol. The average molecular weight is 265 g/mol. The van der Waals surface area contributed by atoms with Crippen LogP contribution in [0.4, 0.5) is 0 Å². The van der Waals surface area contributed by atoms with E-state index in [2.05, 4.69) is 4.90 Å². The quantitative estimate of drug-likeness (QED) is 0.771. The zero-order chi connectivity index (χ0) is 14.0. The van der Waals surface area contributed by atoms with Gasteiger partial charge in [0, 0.05) is 18.9 Å². The first kappa shape index (κ1) is 14.3. The van der Waals surface area contributed by atoms with Crippen molar-refractivity contribution in [3.05, 3.63) is 29.8 Å². The zero-order valence-electron chi connectivity index (χ0n) is 11.6. The van der Waals surface area contributed by atoms with Gasteiger partial charge in [0.05, 0.1) is 11.7 Å². The van der Waals surface area contributed by atoms with E-state index in [0.29, 0.717) is 12.0 Å². The molecule has 0 radical (unpaired) electrons. The Labute approximate surface area is 114 Å². The number of aliphatic hydroxyl groups excluding tert-OH is 1. The summed E-state index contributed by atoms with van der Waals surface area (Å²) in [5, 5.41) is 30.5. The number of aromatic hydroxyl groups is 1. The molecule has 4 nitrogen and oxygen atoms in total. The summed E-state index contributed by atoms with van der Waals surface area (Å²) in [6.07, 6.45) is 1.35. The minimum absolute atomic E-state index is 0.0627. The molecule has 2 rings (SSSR count). The van der Waals surface area contributed by atoms with Gasteiger partial charge in [-0.1, -0.05) is 12.1 Å². The summed E-state index contributed by atoms with van der Waals surface area (Å²) >= 11 is 0. The van der Waals surface area contributed by atoms with Gasteiger partial charge in [0.25, 0.3) is 0 Å². The van der Waals surface area contributed by atoms with Crippen molar-refractivity contribution in [2.24, 2.45) is 5.92 Å².